The number of ether oxygens (including phenoxy) is 3. The number of nitrogens with zero attached hydrogens (tertiary/aromatic N) is 1. The van der Waals surface area contributed by atoms with Gasteiger partial charge in [-0.05, 0) is 51.8 Å². The number of carbonyl (C=O) groups excluding carboxylic acids is 2. The van der Waals surface area contributed by atoms with Crippen LogP contribution in [0.1, 0.15) is 44.0 Å². The summed E-state index contributed by atoms with van der Waals surface area (Å²) in [5.41, 5.74) is -0.715. The summed E-state index contributed by atoms with van der Waals surface area (Å²) in [6.45, 7) is 5.76. The number of halogens is 4. The highest BCUT2D eigenvalue weighted by atomic mass is 19.4. The van der Waals surface area contributed by atoms with E-state index in [9.17, 15) is 27.2 Å². The molecule has 0 radical (unpaired) electrons. The molecule has 0 aliphatic carbocycles. The van der Waals surface area contributed by atoms with Crippen LogP contribution >= 0.6 is 0 Å². The van der Waals surface area contributed by atoms with Gasteiger partial charge in [0.25, 0.3) is 0 Å². The number of hydrogen-bond donors (Lipinski definition) is 0. The van der Waals surface area contributed by atoms with Crippen LogP contribution in [0.25, 0.3) is 0 Å². The van der Waals surface area contributed by atoms with Gasteiger partial charge in [-0.2, -0.15) is 0 Å². The third-order valence-corrected chi connectivity index (χ3v) is 4.94. The first-order chi connectivity index (χ1) is 13.8. The van der Waals surface area contributed by atoms with E-state index < -0.39 is 41.3 Å². The number of fused-ring (bicyclic) bond motifs is 2. The van der Waals surface area contributed by atoms with Gasteiger partial charge in [-0.25, -0.2) is 9.18 Å². The summed E-state index contributed by atoms with van der Waals surface area (Å²) < 4.78 is 65.5. The zero-order valence-electron chi connectivity index (χ0n) is 16.8. The predicted octanol–water partition coefficient (Wildman–Crippen LogP) is 4.32. The number of rotatable bonds is 3. The van der Waals surface area contributed by atoms with E-state index in [1.54, 1.807) is 25.7 Å². The van der Waals surface area contributed by atoms with Gasteiger partial charge in [0.05, 0.1) is 25.3 Å². The molecule has 0 aromatic heterocycles. The molecule has 1 amide bonds. The average Bonchev–Trinajstić information content (AvgIpc) is 2.59. The second kappa shape index (κ2) is 8.05. The van der Waals surface area contributed by atoms with Gasteiger partial charge in [0, 0.05) is 11.5 Å². The highest BCUT2D eigenvalue weighted by Crippen LogP contribution is 2.35. The fourth-order valence-electron chi connectivity index (χ4n) is 3.84. The van der Waals surface area contributed by atoms with Crippen LogP contribution < -0.4 is 4.74 Å². The van der Waals surface area contributed by atoms with Gasteiger partial charge in [0.1, 0.15) is 5.60 Å². The molecule has 2 fully saturated rings. The van der Waals surface area contributed by atoms with Crippen molar-refractivity contribution >= 4 is 11.9 Å². The highest BCUT2D eigenvalue weighted by molar-refractivity contribution is 5.98. The molecule has 1 aromatic rings. The molecule has 2 unspecified atom stereocenters. The Morgan fingerprint density at radius 2 is 1.70 bits per heavy atom. The monoisotopic (exact) mass is 433 g/mol. The maximum atomic E-state index is 14.0. The van der Waals surface area contributed by atoms with E-state index in [-0.39, 0.29) is 43.7 Å². The first-order valence-corrected chi connectivity index (χ1v) is 9.52. The van der Waals surface area contributed by atoms with Gasteiger partial charge in [-0.15, -0.1) is 13.2 Å². The van der Waals surface area contributed by atoms with E-state index >= 15 is 0 Å². The molecule has 0 saturated carbocycles. The topological polar surface area (TPSA) is 65.1 Å². The van der Waals surface area contributed by atoms with Crippen molar-refractivity contribution in [3.63, 3.8) is 0 Å². The molecule has 166 valence electrons. The molecule has 2 saturated heterocycles. The molecule has 3 rings (SSSR count). The number of carbonyl (C=O) groups is 2. The van der Waals surface area contributed by atoms with E-state index in [4.69, 9.17) is 9.47 Å². The number of ketones is 1. The lowest BCUT2D eigenvalue weighted by Crippen LogP contribution is -2.60. The Labute approximate surface area is 171 Å². The number of amides is 1. The molecule has 2 atom stereocenters. The summed E-state index contributed by atoms with van der Waals surface area (Å²) in [6.07, 6.45) is -4.93. The molecule has 0 spiro atoms. The maximum Gasteiger partial charge on any atom is 0.573 e. The van der Waals surface area contributed by atoms with Gasteiger partial charge in [0.2, 0.25) is 0 Å². The summed E-state index contributed by atoms with van der Waals surface area (Å²) >= 11 is 0. The van der Waals surface area contributed by atoms with Gasteiger partial charge >= 0.3 is 12.5 Å². The first-order valence-electron chi connectivity index (χ1n) is 9.52. The predicted molar refractivity (Wildman–Crippen MR) is 96.6 cm³/mol. The lowest BCUT2D eigenvalue weighted by molar-refractivity contribution is -0.275. The number of morpholine rings is 1. The van der Waals surface area contributed by atoms with Crippen molar-refractivity contribution in [3.05, 3.63) is 29.6 Å². The molecule has 30 heavy (non-hydrogen) atoms. The Hall–Kier alpha value is -2.36. The minimum atomic E-state index is -5.03. The Kier molecular flexibility index (Phi) is 5.99. The number of alkyl halides is 3. The van der Waals surface area contributed by atoms with Crippen molar-refractivity contribution in [1.82, 2.24) is 4.90 Å². The lowest BCUT2D eigenvalue weighted by Gasteiger charge is -2.47. The average molecular weight is 433 g/mol. The van der Waals surface area contributed by atoms with Crippen LogP contribution in [0.3, 0.4) is 0 Å². The Morgan fingerprint density at radius 3 is 2.20 bits per heavy atom. The normalized spacial score (nSPS) is 24.4. The Bertz CT molecular complexity index is 806. The Morgan fingerprint density at radius 1 is 1.10 bits per heavy atom. The number of benzene rings is 1. The van der Waals surface area contributed by atoms with Crippen molar-refractivity contribution in [2.45, 2.75) is 57.7 Å². The molecule has 1 aromatic carbocycles. The maximum absolute atomic E-state index is 14.0. The summed E-state index contributed by atoms with van der Waals surface area (Å²) in [5.74, 6) is -3.18. The zero-order valence-corrected chi connectivity index (χ0v) is 16.8. The smallest absolute Gasteiger partial charge is 0.444 e. The molecular formula is C20H23F4NO5. The van der Waals surface area contributed by atoms with Crippen molar-refractivity contribution in [2.24, 2.45) is 5.92 Å². The van der Waals surface area contributed by atoms with Crippen LogP contribution in [0.4, 0.5) is 22.4 Å². The molecular weight excluding hydrogens is 410 g/mol. The number of Topliss-reactive ketones (excluding diaryl/α,β-unsaturated/α-hetero) is 1. The van der Waals surface area contributed by atoms with Crippen LogP contribution in [-0.4, -0.2) is 54.0 Å². The lowest BCUT2D eigenvalue weighted by atomic mass is 9.81. The summed E-state index contributed by atoms with van der Waals surface area (Å²) in [7, 11) is 0. The van der Waals surface area contributed by atoms with Gasteiger partial charge in [-0.3, -0.25) is 9.69 Å². The van der Waals surface area contributed by atoms with Gasteiger partial charge < -0.3 is 14.2 Å². The van der Waals surface area contributed by atoms with Crippen molar-refractivity contribution in [2.75, 3.05) is 13.2 Å². The molecule has 2 heterocycles. The molecule has 2 aliphatic rings. The highest BCUT2D eigenvalue weighted by Gasteiger charge is 2.45. The SMILES string of the molecule is CC(C)(C)OC(=O)N1C2COCC1CC(C(=O)c1ccc(OC(F)(F)F)c(F)c1)C2. The van der Waals surface area contributed by atoms with Crippen LogP contribution in [0.15, 0.2) is 18.2 Å². The molecule has 2 aliphatic heterocycles. The summed E-state index contributed by atoms with van der Waals surface area (Å²) in [6, 6.07) is 1.89. The fraction of sp³-hybridized carbons (Fsp3) is 0.600. The minimum Gasteiger partial charge on any atom is -0.444 e. The van der Waals surface area contributed by atoms with Crippen molar-refractivity contribution < 1.29 is 41.4 Å². The van der Waals surface area contributed by atoms with Crippen LogP contribution in [0.2, 0.25) is 0 Å². The summed E-state index contributed by atoms with van der Waals surface area (Å²) in [5, 5.41) is 0. The second-order valence-electron chi connectivity index (χ2n) is 8.46. The van der Waals surface area contributed by atoms with Crippen LogP contribution in [-0.2, 0) is 9.47 Å². The number of hydrogen-bond acceptors (Lipinski definition) is 5. The van der Waals surface area contributed by atoms with Crippen molar-refractivity contribution in [3.8, 4) is 5.75 Å². The first kappa shape index (κ1) is 22.3. The van der Waals surface area contributed by atoms with Crippen molar-refractivity contribution in [1.29, 1.82) is 0 Å². The molecule has 0 N–H and O–H groups in total. The number of piperidine rings is 1. The molecule has 2 bridgehead atoms. The quantitative estimate of drug-likeness (QED) is 0.525. The molecule has 10 heteroatoms. The third-order valence-electron chi connectivity index (χ3n) is 4.94. The zero-order chi connectivity index (χ0) is 22.3. The second-order valence-corrected chi connectivity index (χ2v) is 8.46. The van der Waals surface area contributed by atoms with E-state index in [1.165, 1.54) is 0 Å². The van der Waals surface area contributed by atoms with Gasteiger partial charge in [-0.1, -0.05) is 0 Å². The van der Waals surface area contributed by atoms with Crippen LogP contribution in [0.5, 0.6) is 5.75 Å². The van der Waals surface area contributed by atoms with E-state index in [1.807, 2.05) is 0 Å². The van der Waals surface area contributed by atoms with E-state index in [0.29, 0.717) is 0 Å². The Balaban J connectivity index is 1.73. The molecule has 6 nitrogen and oxygen atoms in total. The standard InChI is InChI=1S/C20H23F4NO5/c1-19(2,3)30-18(27)25-13-6-12(7-14(25)10-28-9-13)17(26)11-4-5-16(15(21)8-11)29-20(22,23)24/h4-5,8,12-14H,6-7,9-10H2,1-3H3. The van der Waals surface area contributed by atoms with Gasteiger partial charge in [0.15, 0.2) is 17.3 Å². The van der Waals surface area contributed by atoms with Crippen LogP contribution in [0, 0.1) is 11.7 Å². The third kappa shape index (κ3) is 5.21. The summed E-state index contributed by atoms with van der Waals surface area (Å²) in [4.78, 5) is 27.1. The van der Waals surface area contributed by atoms with E-state index in [0.717, 1.165) is 18.2 Å². The minimum absolute atomic E-state index is 0.0447. The fourth-order valence-corrected chi connectivity index (χ4v) is 3.84. The largest absolute Gasteiger partial charge is 0.573 e. The van der Waals surface area contributed by atoms with E-state index in [2.05, 4.69) is 4.74 Å².